The number of esters is 1. The van der Waals surface area contributed by atoms with Crippen LogP contribution in [0.3, 0.4) is 0 Å². The fraction of sp³-hybridized carbons (Fsp3) is 0.745. The summed E-state index contributed by atoms with van der Waals surface area (Å²) in [6.45, 7) is 3.38. The molecule has 2 atom stereocenters. The number of amides is 1. The van der Waals surface area contributed by atoms with E-state index < -0.39 is 26.5 Å². The first-order valence-corrected chi connectivity index (χ1v) is 24.3. The summed E-state index contributed by atoms with van der Waals surface area (Å²) < 4.78 is 26.9. The second-order valence-corrected chi connectivity index (χ2v) is 16.4. The smallest absolute Gasteiger partial charge is 0.463 e. The Balaban J connectivity index is 3.62. The van der Waals surface area contributed by atoms with Gasteiger partial charge in [0.15, 0.2) is 0 Å². The second kappa shape index (κ2) is 43.3. The fourth-order valence-corrected chi connectivity index (χ4v) is 6.77. The average molecular weight is 822 g/mol. The number of carbonyl (C=O) groups is 2. The number of unbranched alkanes of at least 4 members (excludes halogenated alkanes) is 19. The van der Waals surface area contributed by atoms with E-state index in [0.717, 1.165) is 64.2 Å². The number of aliphatic hydroxyl groups is 1. The second-order valence-electron chi connectivity index (χ2n) is 15.0. The van der Waals surface area contributed by atoms with E-state index in [-0.39, 0.29) is 32.1 Å². The van der Waals surface area contributed by atoms with E-state index in [9.17, 15) is 24.2 Å². The molecule has 0 heterocycles. The molecule has 0 saturated heterocycles. The molecule has 0 aliphatic rings. The number of hydrogen-bond donors (Lipinski definition) is 3. The summed E-state index contributed by atoms with van der Waals surface area (Å²) in [7, 11) is -4.43. The Labute approximate surface area is 348 Å². The van der Waals surface area contributed by atoms with Crippen molar-refractivity contribution in [2.75, 3.05) is 26.4 Å². The van der Waals surface area contributed by atoms with E-state index in [2.05, 4.69) is 79.9 Å². The van der Waals surface area contributed by atoms with Gasteiger partial charge in [-0.3, -0.25) is 18.6 Å². The summed E-state index contributed by atoms with van der Waals surface area (Å²) >= 11 is 0. The molecule has 3 N–H and O–H groups in total. The van der Waals surface area contributed by atoms with Gasteiger partial charge in [-0.2, -0.15) is 0 Å². The van der Waals surface area contributed by atoms with Crippen molar-refractivity contribution in [3.8, 4) is 0 Å². The normalized spacial score (nSPS) is 13.8. The van der Waals surface area contributed by atoms with Crippen molar-refractivity contribution in [3.05, 3.63) is 60.8 Å². The largest absolute Gasteiger partial charge is 0.472 e. The van der Waals surface area contributed by atoms with Crippen molar-refractivity contribution >= 4 is 19.7 Å². The van der Waals surface area contributed by atoms with Crippen LogP contribution < -0.4 is 5.32 Å². The maximum absolute atomic E-state index is 12.1. The quantitative estimate of drug-likeness (QED) is 0.0240. The molecule has 2 unspecified atom stereocenters. The van der Waals surface area contributed by atoms with Crippen molar-refractivity contribution in [1.82, 2.24) is 5.32 Å². The zero-order chi connectivity index (χ0) is 41.8. The van der Waals surface area contributed by atoms with E-state index >= 15 is 0 Å². The summed E-state index contributed by atoms with van der Waals surface area (Å²) in [6, 6.07) is 0. The third kappa shape index (κ3) is 44.7. The van der Waals surface area contributed by atoms with Gasteiger partial charge in [0.2, 0.25) is 5.91 Å². The van der Waals surface area contributed by atoms with Crippen molar-refractivity contribution < 1.29 is 37.9 Å². The monoisotopic (exact) mass is 822 g/mol. The van der Waals surface area contributed by atoms with E-state index in [1.54, 1.807) is 0 Å². The summed E-state index contributed by atoms with van der Waals surface area (Å²) in [4.78, 5) is 33.9. The number of rotatable bonds is 42. The highest BCUT2D eigenvalue weighted by atomic mass is 31.2. The van der Waals surface area contributed by atoms with Crippen LogP contribution in [0.1, 0.15) is 194 Å². The molecule has 57 heavy (non-hydrogen) atoms. The van der Waals surface area contributed by atoms with Crippen LogP contribution >= 0.6 is 7.82 Å². The molecule has 0 aromatic heterocycles. The van der Waals surface area contributed by atoms with E-state index in [1.807, 2.05) is 0 Å². The minimum absolute atomic E-state index is 0.0572. The molecule has 0 bridgehead atoms. The van der Waals surface area contributed by atoms with Crippen LogP contribution in [0.4, 0.5) is 0 Å². The van der Waals surface area contributed by atoms with Crippen molar-refractivity contribution in [1.29, 1.82) is 0 Å². The molecule has 330 valence electrons. The van der Waals surface area contributed by atoms with Crippen molar-refractivity contribution in [3.63, 3.8) is 0 Å². The van der Waals surface area contributed by atoms with E-state index in [1.165, 1.54) is 103 Å². The lowest BCUT2D eigenvalue weighted by Gasteiger charge is -2.15. The zero-order valence-corrected chi connectivity index (χ0v) is 37.2. The number of nitrogens with one attached hydrogen (secondary N) is 1. The first-order chi connectivity index (χ1) is 27.8. The minimum atomic E-state index is -4.43. The van der Waals surface area contributed by atoms with Gasteiger partial charge in [-0.25, -0.2) is 4.57 Å². The summed E-state index contributed by atoms with van der Waals surface area (Å²) in [5.74, 6) is -0.560. The number of carbonyl (C=O) groups excluding carboxylic acids is 2. The van der Waals surface area contributed by atoms with Gasteiger partial charge in [-0.15, -0.1) is 0 Å². The third-order valence-corrected chi connectivity index (χ3v) is 10.4. The highest BCUT2D eigenvalue weighted by Crippen LogP contribution is 2.42. The molecule has 0 rings (SSSR count). The molecule has 1 amide bonds. The Morgan fingerprint density at radius 1 is 0.561 bits per heavy atom. The first kappa shape index (κ1) is 54.7. The van der Waals surface area contributed by atoms with Crippen LogP contribution in [-0.2, 0) is 27.9 Å². The SMILES string of the molecule is CC/C=C\C/C=C\C/C=C\C/C=C\CCCCC(=O)NCCOP(=O)(O)OCC(O)COC(=O)CCCCCCCCCCCCC/C=C/CCCCCCCC. The van der Waals surface area contributed by atoms with Gasteiger partial charge in [0.25, 0.3) is 0 Å². The van der Waals surface area contributed by atoms with Gasteiger partial charge in [0.05, 0.1) is 13.2 Å². The Kier molecular flexibility index (Phi) is 41.6. The van der Waals surface area contributed by atoms with Crippen LogP contribution in [-0.4, -0.2) is 54.3 Å². The maximum Gasteiger partial charge on any atom is 0.472 e. The predicted molar refractivity (Wildman–Crippen MR) is 238 cm³/mol. The van der Waals surface area contributed by atoms with Gasteiger partial charge in [-0.05, 0) is 77.0 Å². The molecule has 0 fully saturated rings. The summed E-state index contributed by atoms with van der Waals surface area (Å²) in [6.07, 6.45) is 51.6. The molecular weight excluding hydrogens is 737 g/mol. The predicted octanol–water partition coefficient (Wildman–Crippen LogP) is 12.9. The lowest BCUT2D eigenvalue weighted by molar-refractivity contribution is -0.147. The fourth-order valence-electron chi connectivity index (χ4n) is 6.01. The number of allylic oxidation sites excluding steroid dienone is 10. The minimum Gasteiger partial charge on any atom is -0.463 e. The molecule has 9 nitrogen and oxygen atoms in total. The molecule has 0 aromatic carbocycles. The van der Waals surface area contributed by atoms with Gasteiger partial charge >= 0.3 is 13.8 Å². The number of aliphatic hydroxyl groups excluding tert-OH is 1. The molecule has 0 radical (unpaired) electrons. The van der Waals surface area contributed by atoms with Crippen molar-refractivity contribution in [2.24, 2.45) is 0 Å². The van der Waals surface area contributed by atoms with Crippen LogP contribution in [0, 0.1) is 0 Å². The lowest BCUT2D eigenvalue weighted by Crippen LogP contribution is -2.27. The molecule has 0 aliphatic heterocycles. The molecule has 10 heteroatoms. The third-order valence-electron chi connectivity index (χ3n) is 9.43. The Hall–Kier alpha value is -2.29. The molecule has 0 saturated carbocycles. The Morgan fingerprint density at radius 2 is 1.00 bits per heavy atom. The van der Waals surface area contributed by atoms with Gasteiger partial charge in [0.1, 0.15) is 12.7 Å². The van der Waals surface area contributed by atoms with Crippen LogP contribution in [0.5, 0.6) is 0 Å². The first-order valence-electron chi connectivity index (χ1n) is 22.8. The van der Waals surface area contributed by atoms with Gasteiger partial charge < -0.3 is 20.1 Å². The van der Waals surface area contributed by atoms with E-state index in [4.69, 9.17) is 13.8 Å². The topological polar surface area (TPSA) is 131 Å². The van der Waals surface area contributed by atoms with Crippen LogP contribution in [0.15, 0.2) is 60.8 Å². The number of phosphoric acid groups is 1. The van der Waals surface area contributed by atoms with Crippen molar-refractivity contribution in [2.45, 2.75) is 200 Å². The zero-order valence-electron chi connectivity index (χ0n) is 36.3. The highest BCUT2D eigenvalue weighted by molar-refractivity contribution is 7.47. The summed E-state index contributed by atoms with van der Waals surface area (Å²) in [5.41, 5.74) is 0. The average Bonchev–Trinajstić information content (AvgIpc) is 3.20. The molecule has 0 aromatic rings. The number of ether oxygens (including phenoxy) is 1. The number of phosphoric ester groups is 1. The maximum atomic E-state index is 12.1. The molecule has 0 aliphatic carbocycles. The molecule has 0 spiro atoms. The van der Waals surface area contributed by atoms with E-state index in [0.29, 0.717) is 6.42 Å². The van der Waals surface area contributed by atoms with Gasteiger partial charge in [0, 0.05) is 19.4 Å². The highest BCUT2D eigenvalue weighted by Gasteiger charge is 2.23. The standard InChI is InChI=1S/C47H84NO8P/c1-3-5-7-9-11-13-15-17-19-20-21-22-23-24-26-28-30-32-34-36-38-40-47(51)54-43-45(49)44-56-57(52,53)55-42-41-48-46(50)39-37-35-33-31-29-27-25-18-16-14-12-10-8-6-4-2/h6,8,12,14,17-19,25,29,31,45,49H,3-5,7,9-11,13,15-16,20-24,26-28,30,32-44H2,1-2H3,(H,48,50)(H,52,53)/b8-6-,14-12-,19-17+,25-18-,31-29-. The van der Waals surface area contributed by atoms with Crippen LogP contribution in [0.2, 0.25) is 0 Å². The Morgan fingerprint density at radius 3 is 1.54 bits per heavy atom. The van der Waals surface area contributed by atoms with Crippen LogP contribution in [0.25, 0.3) is 0 Å². The Bertz CT molecular complexity index is 1120. The lowest BCUT2D eigenvalue weighted by atomic mass is 10.0. The summed E-state index contributed by atoms with van der Waals surface area (Å²) in [5, 5.41) is 12.7. The van der Waals surface area contributed by atoms with Gasteiger partial charge in [-0.1, -0.05) is 164 Å². The number of hydrogen-bond acceptors (Lipinski definition) is 7. The molecular formula is C47H84NO8P.